The SMILES string of the molecule is Cc1c(-c2ccc(-c3ccc(-c4c(C)c5c(ccc6ccccc65)oc4=O)s3)s2)c(=O)oc2ccc3ccccc3c12. The summed E-state index contributed by atoms with van der Waals surface area (Å²) in [5, 5.41) is 6.26. The summed E-state index contributed by atoms with van der Waals surface area (Å²) in [5.74, 6) is 0. The molecule has 0 N–H and O–H groups in total. The third-order valence-electron chi connectivity index (χ3n) is 8.04. The lowest BCUT2D eigenvalue weighted by molar-refractivity contribution is 0.563. The normalized spacial score (nSPS) is 11.8. The summed E-state index contributed by atoms with van der Waals surface area (Å²) in [6.45, 7) is 3.99. The first kappa shape index (κ1) is 25.0. The topological polar surface area (TPSA) is 60.4 Å². The zero-order chi connectivity index (χ0) is 28.5. The molecule has 4 nitrogen and oxygen atoms in total. The van der Waals surface area contributed by atoms with E-state index in [-0.39, 0.29) is 11.3 Å². The highest BCUT2D eigenvalue weighted by molar-refractivity contribution is 7.25. The van der Waals surface area contributed by atoms with E-state index in [4.69, 9.17) is 8.83 Å². The summed E-state index contributed by atoms with van der Waals surface area (Å²) in [5.41, 5.74) is 3.51. The van der Waals surface area contributed by atoms with Gasteiger partial charge in [-0.05, 0) is 82.9 Å². The minimum absolute atomic E-state index is 0.341. The van der Waals surface area contributed by atoms with E-state index in [0.29, 0.717) is 22.3 Å². The maximum absolute atomic E-state index is 13.2. The van der Waals surface area contributed by atoms with Crippen molar-refractivity contribution in [2.45, 2.75) is 13.8 Å². The molecule has 0 amide bonds. The molecular formula is C36H22O4S2. The van der Waals surface area contributed by atoms with Crippen LogP contribution >= 0.6 is 22.7 Å². The average molecular weight is 583 g/mol. The van der Waals surface area contributed by atoms with Gasteiger partial charge in [0, 0.05) is 30.3 Å². The molecule has 0 aliphatic rings. The monoisotopic (exact) mass is 582 g/mol. The van der Waals surface area contributed by atoms with Gasteiger partial charge in [0.25, 0.3) is 0 Å². The first-order chi connectivity index (χ1) is 20.5. The summed E-state index contributed by atoms with van der Waals surface area (Å²) < 4.78 is 11.6. The molecule has 0 spiro atoms. The Balaban J connectivity index is 1.24. The van der Waals surface area contributed by atoms with Crippen molar-refractivity contribution < 1.29 is 8.83 Å². The third kappa shape index (κ3) is 3.73. The van der Waals surface area contributed by atoms with Crippen molar-refractivity contribution in [3.8, 4) is 30.6 Å². The van der Waals surface area contributed by atoms with Crippen LogP contribution in [0.25, 0.3) is 74.1 Å². The molecule has 4 aromatic carbocycles. The molecule has 4 heterocycles. The number of thiophene rings is 2. The Morgan fingerprint density at radius 2 is 0.881 bits per heavy atom. The van der Waals surface area contributed by atoms with Crippen molar-refractivity contribution >= 4 is 66.2 Å². The van der Waals surface area contributed by atoms with Gasteiger partial charge >= 0.3 is 11.3 Å². The summed E-state index contributed by atoms with van der Waals surface area (Å²) in [6.07, 6.45) is 0. The van der Waals surface area contributed by atoms with Crippen molar-refractivity contribution in [2.75, 3.05) is 0 Å². The largest absolute Gasteiger partial charge is 0.422 e. The first-order valence-electron chi connectivity index (χ1n) is 13.6. The standard InChI is InChI=1S/C36H22O4S2/c1-19-31-23-9-5-3-7-21(23)11-13-25(31)39-35(37)33(19)29-17-15-27(41-29)28-16-18-30(42-28)34-20(2)32-24-10-6-4-8-22(24)12-14-26(32)40-36(34)38/h3-18H,1-2H3. The molecule has 0 aliphatic carbocycles. The number of rotatable bonds is 3. The fourth-order valence-corrected chi connectivity index (χ4v) is 8.37. The van der Waals surface area contributed by atoms with Gasteiger partial charge in [-0.2, -0.15) is 0 Å². The number of aryl methyl sites for hydroxylation is 2. The molecule has 0 atom stereocenters. The van der Waals surface area contributed by atoms with Gasteiger partial charge in [0.2, 0.25) is 0 Å². The van der Waals surface area contributed by atoms with Crippen LogP contribution in [-0.2, 0) is 0 Å². The Morgan fingerprint density at radius 3 is 1.33 bits per heavy atom. The molecule has 8 aromatic rings. The van der Waals surface area contributed by atoms with E-state index in [0.717, 1.165) is 63.0 Å². The predicted molar refractivity (Wildman–Crippen MR) is 175 cm³/mol. The molecule has 0 bridgehead atoms. The highest BCUT2D eigenvalue weighted by atomic mass is 32.1. The highest BCUT2D eigenvalue weighted by Crippen LogP contribution is 2.42. The Hall–Kier alpha value is -4.78. The smallest absolute Gasteiger partial charge is 0.345 e. The van der Waals surface area contributed by atoms with Gasteiger partial charge in [-0.3, -0.25) is 0 Å². The van der Waals surface area contributed by atoms with E-state index in [1.807, 2.05) is 86.6 Å². The number of fused-ring (bicyclic) bond motifs is 6. The summed E-state index contributed by atoms with van der Waals surface area (Å²) in [6, 6.07) is 32.0. The minimum atomic E-state index is -0.341. The zero-order valence-corrected chi connectivity index (χ0v) is 24.3. The zero-order valence-electron chi connectivity index (χ0n) is 22.7. The quantitative estimate of drug-likeness (QED) is 0.154. The van der Waals surface area contributed by atoms with E-state index in [2.05, 4.69) is 24.3 Å². The molecule has 4 aromatic heterocycles. The van der Waals surface area contributed by atoms with E-state index in [1.54, 1.807) is 22.7 Å². The molecular weight excluding hydrogens is 561 g/mol. The second kappa shape index (κ2) is 9.38. The molecule has 0 radical (unpaired) electrons. The van der Waals surface area contributed by atoms with Gasteiger partial charge in [0.05, 0.1) is 11.1 Å². The maximum atomic E-state index is 13.2. The molecule has 0 saturated heterocycles. The van der Waals surface area contributed by atoms with Crippen LogP contribution in [0.5, 0.6) is 0 Å². The first-order valence-corrected chi connectivity index (χ1v) is 15.2. The molecule has 6 heteroatoms. The van der Waals surface area contributed by atoms with E-state index < -0.39 is 0 Å². The second-order valence-corrected chi connectivity index (χ2v) is 12.6. The Kier molecular flexibility index (Phi) is 5.58. The van der Waals surface area contributed by atoms with Crippen molar-refractivity contribution in [3.05, 3.63) is 129 Å². The molecule has 0 unspecified atom stereocenters. The van der Waals surface area contributed by atoms with Crippen LogP contribution in [0, 0.1) is 13.8 Å². The summed E-state index contributed by atoms with van der Waals surface area (Å²) >= 11 is 3.10. The van der Waals surface area contributed by atoms with Crippen molar-refractivity contribution in [2.24, 2.45) is 0 Å². The van der Waals surface area contributed by atoms with Gasteiger partial charge in [-0.15, -0.1) is 22.7 Å². The van der Waals surface area contributed by atoms with Gasteiger partial charge in [-0.1, -0.05) is 60.7 Å². The molecule has 0 saturated carbocycles. The molecule has 0 fully saturated rings. The van der Waals surface area contributed by atoms with Crippen LogP contribution in [0.3, 0.4) is 0 Å². The van der Waals surface area contributed by atoms with Crippen LogP contribution in [-0.4, -0.2) is 0 Å². The van der Waals surface area contributed by atoms with E-state index in [9.17, 15) is 9.59 Å². The van der Waals surface area contributed by atoms with Crippen molar-refractivity contribution in [1.29, 1.82) is 0 Å². The molecule has 202 valence electrons. The van der Waals surface area contributed by atoms with E-state index in [1.165, 1.54) is 0 Å². The molecule has 8 rings (SSSR count). The Labute approximate surface area is 247 Å². The highest BCUT2D eigenvalue weighted by Gasteiger charge is 2.20. The van der Waals surface area contributed by atoms with Crippen LogP contribution in [0.2, 0.25) is 0 Å². The van der Waals surface area contributed by atoms with Gasteiger partial charge in [0.15, 0.2) is 0 Å². The van der Waals surface area contributed by atoms with Gasteiger partial charge < -0.3 is 8.83 Å². The Morgan fingerprint density at radius 1 is 0.476 bits per heavy atom. The third-order valence-corrected chi connectivity index (χ3v) is 10.4. The number of hydrogen-bond donors (Lipinski definition) is 0. The Bertz CT molecular complexity index is 2310. The van der Waals surface area contributed by atoms with Crippen LogP contribution < -0.4 is 11.3 Å². The van der Waals surface area contributed by atoms with Crippen LogP contribution in [0.1, 0.15) is 11.1 Å². The number of hydrogen-bond acceptors (Lipinski definition) is 6. The fraction of sp³-hybridized carbons (Fsp3) is 0.0556. The van der Waals surface area contributed by atoms with E-state index >= 15 is 0 Å². The van der Waals surface area contributed by atoms with Gasteiger partial charge in [0.1, 0.15) is 11.2 Å². The maximum Gasteiger partial charge on any atom is 0.345 e. The lowest BCUT2D eigenvalue weighted by Crippen LogP contribution is -2.05. The minimum Gasteiger partial charge on any atom is -0.422 e. The summed E-state index contributed by atoms with van der Waals surface area (Å²) in [4.78, 5) is 30.1. The average Bonchev–Trinajstić information content (AvgIpc) is 3.67. The summed E-state index contributed by atoms with van der Waals surface area (Å²) in [7, 11) is 0. The number of benzene rings is 4. The fourth-order valence-electron chi connectivity index (χ4n) is 6.08. The second-order valence-electron chi connectivity index (χ2n) is 10.4. The molecule has 42 heavy (non-hydrogen) atoms. The lowest BCUT2D eigenvalue weighted by Gasteiger charge is -2.09. The predicted octanol–water partition coefficient (Wildman–Crippen LogP) is 9.95. The molecule has 0 aliphatic heterocycles. The lowest BCUT2D eigenvalue weighted by atomic mass is 9.99. The van der Waals surface area contributed by atoms with Crippen LogP contribution in [0.4, 0.5) is 0 Å². The van der Waals surface area contributed by atoms with Crippen LogP contribution in [0.15, 0.2) is 115 Å². The van der Waals surface area contributed by atoms with Crippen molar-refractivity contribution in [1.82, 2.24) is 0 Å². The van der Waals surface area contributed by atoms with Gasteiger partial charge in [-0.25, -0.2) is 9.59 Å². The van der Waals surface area contributed by atoms with Crippen molar-refractivity contribution in [3.63, 3.8) is 0 Å².